The normalized spacial score (nSPS) is 14.5. The molecule has 0 heterocycles. The van der Waals surface area contributed by atoms with Gasteiger partial charge in [-0.1, -0.05) is 306 Å². The summed E-state index contributed by atoms with van der Waals surface area (Å²) in [6.07, 6.45) is 44.6. The Balaban J connectivity index is 5.21. The van der Waals surface area contributed by atoms with Gasteiger partial charge >= 0.3 is 39.5 Å². The summed E-state index contributed by atoms with van der Waals surface area (Å²) in [7, 11) is -9.90. The lowest BCUT2D eigenvalue weighted by Gasteiger charge is -2.21. The minimum absolute atomic E-state index is 0.102. The van der Waals surface area contributed by atoms with Crippen LogP contribution in [0.3, 0.4) is 0 Å². The van der Waals surface area contributed by atoms with Crippen LogP contribution in [0.1, 0.15) is 357 Å². The van der Waals surface area contributed by atoms with Gasteiger partial charge in [-0.25, -0.2) is 9.13 Å². The zero-order chi connectivity index (χ0) is 67.5. The molecule has 91 heavy (non-hydrogen) atoms. The van der Waals surface area contributed by atoms with Crippen LogP contribution in [0.5, 0.6) is 0 Å². The zero-order valence-corrected chi connectivity index (χ0v) is 61.3. The second-order valence-electron chi connectivity index (χ2n) is 27.6. The van der Waals surface area contributed by atoms with Gasteiger partial charge in [0.2, 0.25) is 0 Å². The number of carbonyl (C=O) groups excluding carboxylic acids is 4. The number of unbranched alkanes of at least 4 members (excludes halogenated alkanes) is 34. The molecule has 0 aliphatic carbocycles. The molecule has 4 unspecified atom stereocenters. The zero-order valence-electron chi connectivity index (χ0n) is 59.5. The second-order valence-corrected chi connectivity index (χ2v) is 30.6. The van der Waals surface area contributed by atoms with Crippen molar-refractivity contribution in [1.82, 2.24) is 0 Å². The van der Waals surface area contributed by atoms with Crippen LogP contribution in [0.2, 0.25) is 0 Å². The number of phosphoric acid groups is 2. The maximum atomic E-state index is 13.0. The molecule has 0 amide bonds. The lowest BCUT2D eigenvalue weighted by Crippen LogP contribution is -2.30. The summed E-state index contributed by atoms with van der Waals surface area (Å²) in [5.74, 6) is 0.851. The quantitative estimate of drug-likeness (QED) is 0.0222. The van der Waals surface area contributed by atoms with E-state index in [1.165, 1.54) is 161 Å². The summed E-state index contributed by atoms with van der Waals surface area (Å²) in [6, 6.07) is 0. The monoisotopic (exact) mass is 1340 g/mol. The molecular formula is C72H140O17P2. The number of aliphatic hydroxyl groups is 1. The Morgan fingerprint density at radius 3 is 0.780 bits per heavy atom. The second kappa shape index (κ2) is 61.6. The van der Waals surface area contributed by atoms with Crippen LogP contribution >= 0.6 is 15.6 Å². The summed E-state index contributed by atoms with van der Waals surface area (Å²) in [5, 5.41) is 10.6. The summed E-state index contributed by atoms with van der Waals surface area (Å²) < 4.78 is 68.3. The molecule has 0 fully saturated rings. The summed E-state index contributed by atoms with van der Waals surface area (Å²) >= 11 is 0. The highest BCUT2D eigenvalue weighted by Crippen LogP contribution is 2.45. The highest BCUT2D eigenvalue weighted by atomic mass is 31.2. The number of aliphatic hydroxyl groups excluding tert-OH is 1. The Morgan fingerprint density at radius 1 is 0.308 bits per heavy atom. The van der Waals surface area contributed by atoms with E-state index in [0.717, 1.165) is 114 Å². The van der Waals surface area contributed by atoms with Gasteiger partial charge < -0.3 is 33.8 Å². The van der Waals surface area contributed by atoms with Crippen molar-refractivity contribution in [3.8, 4) is 0 Å². The number of rotatable bonds is 69. The molecular weight excluding hydrogens is 1200 g/mol. The minimum Gasteiger partial charge on any atom is -0.462 e. The molecule has 0 saturated heterocycles. The number of hydrogen-bond donors (Lipinski definition) is 3. The maximum absolute atomic E-state index is 13.0. The van der Waals surface area contributed by atoms with E-state index >= 15 is 0 Å². The molecule has 540 valence electrons. The van der Waals surface area contributed by atoms with Crippen molar-refractivity contribution in [3.05, 3.63) is 0 Å². The van der Waals surface area contributed by atoms with Crippen molar-refractivity contribution < 1.29 is 80.2 Å². The summed E-state index contributed by atoms with van der Waals surface area (Å²) in [6.45, 7) is 14.1. The van der Waals surface area contributed by atoms with Gasteiger partial charge in [-0.15, -0.1) is 0 Å². The SMILES string of the molecule is CCC(C)CCCCCCCCC(=O)O[C@H](COC(=O)CCCCCCCCCCC(C)C)COP(=O)(O)OCC(O)COP(=O)(O)OC[C@@H](COC(=O)CCCCCCCCCCC(C)C)OC(=O)CCCCCCCCCCCCCCCCCCC(C)C. The topological polar surface area (TPSA) is 237 Å². The van der Waals surface area contributed by atoms with Gasteiger partial charge in [-0.05, 0) is 49.4 Å². The molecule has 0 aliphatic rings. The standard InChI is InChI=1S/C72H140O17P2/c1-9-65(8)51-43-35-30-31-39-47-55-72(77)89-68(59-83-70(75)53-45-37-28-23-21-26-34-42-50-64(6)7)61-87-91(80,81)85-57-66(73)56-84-90(78,79)86-60-67(58-82-69(74)52-44-36-27-22-20-25-33-41-49-63(4)5)88-71(76)54-46-38-29-19-17-15-13-11-10-12-14-16-18-24-32-40-48-62(2)3/h62-68,73H,9-61H2,1-8H3,(H,78,79)(H,80,81)/t65?,66?,67-,68-/m1/s1. The Kier molecular flexibility index (Phi) is 60.3. The Morgan fingerprint density at radius 2 is 0.527 bits per heavy atom. The highest BCUT2D eigenvalue weighted by molar-refractivity contribution is 7.47. The molecule has 0 aromatic rings. The third kappa shape index (κ3) is 65.1. The summed E-state index contributed by atoms with van der Waals surface area (Å²) in [5.41, 5.74) is 0. The van der Waals surface area contributed by atoms with E-state index in [-0.39, 0.29) is 25.7 Å². The van der Waals surface area contributed by atoms with Crippen molar-refractivity contribution in [2.45, 2.75) is 375 Å². The Bertz CT molecular complexity index is 1800. The number of esters is 4. The molecule has 6 atom stereocenters. The van der Waals surface area contributed by atoms with Crippen molar-refractivity contribution in [1.29, 1.82) is 0 Å². The molecule has 3 N–H and O–H groups in total. The van der Waals surface area contributed by atoms with Crippen LogP contribution in [0.4, 0.5) is 0 Å². The van der Waals surface area contributed by atoms with Crippen molar-refractivity contribution >= 4 is 39.5 Å². The van der Waals surface area contributed by atoms with E-state index in [9.17, 15) is 43.2 Å². The van der Waals surface area contributed by atoms with Gasteiger partial charge in [0.25, 0.3) is 0 Å². The first-order chi connectivity index (χ1) is 43.6. The van der Waals surface area contributed by atoms with E-state index in [2.05, 4.69) is 55.4 Å². The van der Waals surface area contributed by atoms with E-state index in [1.54, 1.807) is 0 Å². The van der Waals surface area contributed by atoms with Gasteiger partial charge in [-0.2, -0.15) is 0 Å². The summed E-state index contributed by atoms with van der Waals surface area (Å²) in [4.78, 5) is 72.6. The number of ether oxygens (including phenoxy) is 4. The number of hydrogen-bond acceptors (Lipinski definition) is 15. The van der Waals surface area contributed by atoms with Gasteiger partial charge in [-0.3, -0.25) is 37.3 Å². The highest BCUT2D eigenvalue weighted by Gasteiger charge is 2.30. The van der Waals surface area contributed by atoms with Crippen molar-refractivity contribution in [2.24, 2.45) is 23.7 Å². The van der Waals surface area contributed by atoms with E-state index in [1.807, 2.05) is 0 Å². The third-order valence-electron chi connectivity index (χ3n) is 16.9. The van der Waals surface area contributed by atoms with E-state index < -0.39 is 97.5 Å². The van der Waals surface area contributed by atoms with Crippen LogP contribution in [-0.4, -0.2) is 96.7 Å². The van der Waals surface area contributed by atoms with Crippen LogP contribution in [-0.2, 0) is 65.4 Å². The maximum Gasteiger partial charge on any atom is 0.472 e. The van der Waals surface area contributed by atoms with Crippen LogP contribution in [0.25, 0.3) is 0 Å². The van der Waals surface area contributed by atoms with Gasteiger partial charge in [0.15, 0.2) is 12.2 Å². The van der Waals surface area contributed by atoms with E-state index in [4.69, 9.17) is 37.0 Å². The molecule has 0 aromatic carbocycles. The van der Waals surface area contributed by atoms with E-state index in [0.29, 0.717) is 25.7 Å². The third-order valence-corrected chi connectivity index (χ3v) is 18.8. The number of phosphoric ester groups is 2. The lowest BCUT2D eigenvalue weighted by atomic mass is 10.00. The predicted molar refractivity (Wildman–Crippen MR) is 367 cm³/mol. The molecule has 0 bridgehead atoms. The first kappa shape index (κ1) is 89.1. The molecule has 0 rings (SSSR count). The molecule has 0 radical (unpaired) electrons. The smallest absolute Gasteiger partial charge is 0.462 e. The van der Waals surface area contributed by atoms with Crippen LogP contribution < -0.4 is 0 Å². The molecule has 17 nitrogen and oxygen atoms in total. The average Bonchev–Trinajstić information content (AvgIpc) is 3.70. The van der Waals surface area contributed by atoms with Gasteiger partial charge in [0, 0.05) is 25.7 Å². The fourth-order valence-electron chi connectivity index (χ4n) is 10.8. The minimum atomic E-state index is -4.95. The molecule has 0 aromatic heterocycles. The fourth-order valence-corrected chi connectivity index (χ4v) is 12.4. The Hall–Kier alpha value is -1.94. The fraction of sp³-hybridized carbons (Fsp3) is 0.944. The molecule has 0 spiro atoms. The molecule has 0 saturated carbocycles. The van der Waals surface area contributed by atoms with Crippen LogP contribution in [0.15, 0.2) is 0 Å². The van der Waals surface area contributed by atoms with Crippen molar-refractivity contribution in [3.63, 3.8) is 0 Å². The first-order valence-corrected chi connectivity index (χ1v) is 40.2. The van der Waals surface area contributed by atoms with Gasteiger partial charge in [0.05, 0.1) is 26.4 Å². The average molecular weight is 1340 g/mol. The molecule has 0 aliphatic heterocycles. The predicted octanol–water partition coefficient (Wildman–Crippen LogP) is 20.5. The van der Waals surface area contributed by atoms with Crippen LogP contribution in [0, 0.1) is 23.7 Å². The first-order valence-electron chi connectivity index (χ1n) is 37.2. The largest absolute Gasteiger partial charge is 0.472 e. The van der Waals surface area contributed by atoms with Crippen molar-refractivity contribution in [2.75, 3.05) is 39.6 Å². The lowest BCUT2D eigenvalue weighted by molar-refractivity contribution is -0.161. The number of carbonyl (C=O) groups is 4. The molecule has 19 heteroatoms. The Labute approximate surface area is 556 Å². The van der Waals surface area contributed by atoms with Gasteiger partial charge in [0.1, 0.15) is 19.3 Å².